The van der Waals surface area contributed by atoms with Gasteiger partial charge in [0.15, 0.2) is 0 Å². The van der Waals surface area contributed by atoms with Crippen molar-refractivity contribution < 1.29 is 18.0 Å². The number of hydrogen-bond acceptors (Lipinski definition) is 4. The van der Waals surface area contributed by atoms with E-state index in [-0.39, 0.29) is 12.5 Å². The minimum atomic E-state index is -3.78. The quantitative estimate of drug-likeness (QED) is 0.418. The van der Waals surface area contributed by atoms with Crippen LogP contribution in [0.1, 0.15) is 49.8 Å². The summed E-state index contributed by atoms with van der Waals surface area (Å²) in [5, 5.41) is 3.38. The molecule has 35 heavy (non-hydrogen) atoms. The third-order valence-corrected chi connectivity index (χ3v) is 7.32. The molecule has 0 aliphatic carbocycles. The van der Waals surface area contributed by atoms with Crippen LogP contribution < -0.4 is 9.62 Å². The van der Waals surface area contributed by atoms with E-state index in [1.54, 1.807) is 31.2 Å². The van der Waals surface area contributed by atoms with Gasteiger partial charge in [-0.15, -0.1) is 0 Å². The zero-order valence-corrected chi connectivity index (χ0v) is 22.7. The molecule has 1 atom stereocenters. The van der Waals surface area contributed by atoms with Crippen LogP contribution in [0, 0.1) is 13.8 Å². The molecule has 2 rings (SSSR count). The first-order valence-electron chi connectivity index (χ1n) is 11.8. The van der Waals surface area contributed by atoms with E-state index in [4.69, 9.17) is 11.6 Å². The first-order valence-corrected chi connectivity index (χ1v) is 14.1. The maximum Gasteiger partial charge on any atom is 0.244 e. The molecular formula is C26H36ClN3O4S. The molecule has 0 aliphatic heterocycles. The smallest absolute Gasteiger partial charge is 0.244 e. The lowest BCUT2D eigenvalue weighted by Gasteiger charge is -2.33. The zero-order chi connectivity index (χ0) is 26.2. The summed E-state index contributed by atoms with van der Waals surface area (Å²) in [7, 11) is -3.78. The van der Waals surface area contributed by atoms with Crippen LogP contribution in [0.4, 0.5) is 5.69 Å². The van der Waals surface area contributed by atoms with Gasteiger partial charge >= 0.3 is 0 Å². The van der Waals surface area contributed by atoms with E-state index in [2.05, 4.69) is 5.32 Å². The molecule has 7 nitrogen and oxygen atoms in total. The van der Waals surface area contributed by atoms with Gasteiger partial charge in [-0.3, -0.25) is 13.9 Å². The van der Waals surface area contributed by atoms with Crippen LogP contribution in [0.2, 0.25) is 5.02 Å². The van der Waals surface area contributed by atoms with E-state index in [1.807, 2.05) is 39.0 Å². The lowest BCUT2D eigenvalue weighted by Crippen LogP contribution is -2.52. The van der Waals surface area contributed by atoms with Gasteiger partial charge in [0.2, 0.25) is 21.8 Å². The van der Waals surface area contributed by atoms with Crippen molar-refractivity contribution in [3.8, 4) is 0 Å². The van der Waals surface area contributed by atoms with Crippen molar-refractivity contribution in [3.05, 3.63) is 64.2 Å². The van der Waals surface area contributed by atoms with Gasteiger partial charge in [0, 0.05) is 18.1 Å². The van der Waals surface area contributed by atoms with Crippen LogP contribution in [0.5, 0.6) is 0 Å². The van der Waals surface area contributed by atoms with Gasteiger partial charge in [-0.1, -0.05) is 62.2 Å². The van der Waals surface area contributed by atoms with Crippen molar-refractivity contribution in [1.82, 2.24) is 10.2 Å². The predicted octanol–water partition coefficient (Wildman–Crippen LogP) is 4.45. The fraction of sp³-hybridized carbons (Fsp3) is 0.462. The number of nitrogens with one attached hydrogen (secondary N) is 1. The minimum Gasteiger partial charge on any atom is -0.354 e. The number of anilines is 1. The van der Waals surface area contributed by atoms with Crippen molar-refractivity contribution in [3.63, 3.8) is 0 Å². The Labute approximate surface area is 214 Å². The molecule has 192 valence electrons. The number of nitrogens with zero attached hydrogens (tertiary/aromatic N) is 2. The number of benzene rings is 2. The number of sulfonamides is 1. The van der Waals surface area contributed by atoms with Crippen LogP contribution in [0.3, 0.4) is 0 Å². The van der Waals surface area contributed by atoms with E-state index in [9.17, 15) is 18.0 Å². The molecule has 2 amide bonds. The van der Waals surface area contributed by atoms with Crippen LogP contribution in [0.25, 0.3) is 0 Å². The summed E-state index contributed by atoms with van der Waals surface area (Å²) in [5.74, 6) is -0.743. The number of aryl methyl sites for hydroxylation is 2. The maximum atomic E-state index is 13.7. The monoisotopic (exact) mass is 521 g/mol. The van der Waals surface area contributed by atoms with Gasteiger partial charge in [-0.05, 0) is 55.5 Å². The Morgan fingerprint density at radius 3 is 2.37 bits per heavy atom. The van der Waals surface area contributed by atoms with Gasteiger partial charge in [0.05, 0.1) is 11.9 Å². The second-order valence-electron chi connectivity index (χ2n) is 8.74. The van der Waals surface area contributed by atoms with Crippen LogP contribution >= 0.6 is 11.6 Å². The summed E-state index contributed by atoms with van der Waals surface area (Å²) in [6, 6.07) is 11.8. The summed E-state index contributed by atoms with van der Waals surface area (Å²) in [5.41, 5.74) is 2.73. The Morgan fingerprint density at radius 1 is 1.09 bits per heavy atom. The molecular weight excluding hydrogens is 486 g/mol. The minimum absolute atomic E-state index is 0.0859. The highest BCUT2D eigenvalue weighted by atomic mass is 35.5. The van der Waals surface area contributed by atoms with Gasteiger partial charge in [0.25, 0.3) is 0 Å². The van der Waals surface area contributed by atoms with Crippen LogP contribution in [-0.4, -0.2) is 50.5 Å². The van der Waals surface area contributed by atoms with Crippen LogP contribution in [-0.2, 0) is 26.2 Å². The third-order valence-electron chi connectivity index (χ3n) is 5.83. The molecule has 2 aromatic carbocycles. The topological polar surface area (TPSA) is 86.8 Å². The lowest BCUT2D eigenvalue weighted by molar-refractivity contribution is -0.140. The Hall–Kier alpha value is -2.58. The van der Waals surface area contributed by atoms with Gasteiger partial charge in [-0.2, -0.15) is 0 Å². The van der Waals surface area contributed by atoms with E-state index in [1.165, 1.54) is 4.90 Å². The summed E-state index contributed by atoms with van der Waals surface area (Å²) in [6.45, 7) is 7.70. The molecule has 0 spiro atoms. The Morgan fingerprint density at radius 2 is 1.77 bits per heavy atom. The van der Waals surface area contributed by atoms with Gasteiger partial charge in [-0.25, -0.2) is 8.42 Å². The maximum absolute atomic E-state index is 13.7. The molecule has 0 aliphatic rings. The number of halogens is 1. The number of carbonyl (C=O) groups is 2. The van der Waals surface area contributed by atoms with Gasteiger partial charge in [0.1, 0.15) is 12.6 Å². The molecule has 0 saturated heterocycles. The Balaban J connectivity index is 2.46. The first kappa shape index (κ1) is 28.7. The standard InChI is InChI=1S/C26H36ClN3O4S/c1-6-8-15-28-26(32)23(7-2)29(17-21-11-9-10-12-22(21)27)25(31)18-30(35(5,33)34)24-16-19(3)13-14-20(24)4/h9-14,16,23H,6-8,15,17-18H2,1-5H3,(H,28,32). The van der Waals surface area contributed by atoms with Crippen molar-refractivity contribution in [2.45, 2.75) is 59.5 Å². The number of carbonyl (C=O) groups excluding carboxylic acids is 2. The molecule has 0 bridgehead atoms. The molecule has 0 aromatic heterocycles. The Bertz CT molecular complexity index is 1140. The lowest BCUT2D eigenvalue weighted by atomic mass is 10.1. The first-order chi connectivity index (χ1) is 16.5. The largest absolute Gasteiger partial charge is 0.354 e. The highest BCUT2D eigenvalue weighted by Gasteiger charge is 2.32. The van der Waals surface area contributed by atoms with Crippen molar-refractivity contribution in [2.75, 3.05) is 23.7 Å². The normalized spacial score (nSPS) is 12.2. The molecule has 1 unspecified atom stereocenters. The number of amides is 2. The van der Waals surface area contributed by atoms with Crippen molar-refractivity contribution in [1.29, 1.82) is 0 Å². The second kappa shape index (κ2) is 12.9. The summed E-state index contributed by atoms with van der Waals surface area (Å²) < 4.78 is 26.6. The van der Waals surface area contributed by atoms with Gasteiger partial charge < -0.3 is 10.2 Å². The van der Waals surface area contributed by atoms with E-state index in [0.29, 0.717) is 29.2 Å². The van der Waals surface area contributed by atoms with E-state index >= 15 is 0 Å². The molecule has 1 N–H and O–H groups in total. The molecule has 0 radical (unpaired) electrons. The highest BCUT2D eigenvalue weighted by Crippen LogP contribution is 2.25. The van der Waals surface area contributed by atoms with Crippen molar-refractivity contribution in [2.24, 2.45) is 0 Å². The number of rotatable bonds is 12. The second-order valence-corrected chi connectivity index (χ2v) is 11.1. The molecule has 0 fully saturated rings. The van der Waals surface area contributed by atoms with Crippen molar-refractivity contribution >= 4 is 39.1 Å². The molecule has 9 heteroatoms. The fourth-order valence-corrected chi connectivity index (χ4v) is 4.91. The van der Waals surface area contributed by atoms with E-state index < -0.39 is 28.5 Å². The highest BCUT2D eigenvalue weighted by molar-refractivity contribution is 7.92. The fourth-order valence-electron chi connectivity index (χ4n) is 3.82. The summed E-state index contributed by atoms with van der Waals surface area (Å²) in [4.78, 5) is 28.2. The van der Waals surface area contributed by atoms with Crippen LogP contribution in [0.15, 0.2) is 42.5 Å². The summed E-state index contributed by atoms with van der Waals surface area (Å²) >= 11 is 6.37. The average Bonchev–Trinajstić information content (AvgIpc) is 2.79. The predicted molar refractivity (Wildman–Crippen MR) is 142 cm³/mol. The Kier molecular flexibility index (Phi) is 10.6. The summed E-state index contributed by atoms with van der Waals surface area (Å²) in [6.07, 6.45) is 3.21. The number of hydrogen-bond donors (Lipinski definition) is 1. The molecule has 0 heterocycles. The SMILES string of the molecule is CCCCNC(=O)C(CC)N(Cc1ccccc1Cl)C(=O)CN(c1cc(C)ccc1C)S(C)(=O)=O. The number of unbranched alkanes of at least 4 members (excludes halogenated alkanes) is 1. The zero-order valence-electron chi connectivity index (χ0n) is 21.2. The van der Waals surface area contributed by atoms with E-state index in [0.717, 1.165) is 34.5 Å². The molecule has 2 aromatic rings. The average molecular weight is 522 g/mol. The molecule has 0 saturated carbocycles. The third kappa shape index (κ3) is 7.97.